The van der Waals surface area contributed by atoms with E-state index < -0.39 is 5.97 Å². The lowest BCUT2D eigenvalue weighted by Crippen LogP contribution is -2.24. The molecule has 0 atom stereocenters. The fourth-order valence-corrected chi connectivity index (χ4v) is 3.33. The average Bonchev–Trinajstić information content (AvgIpc) is 2.79. The van der Waals surface area contributed by atoms with Crippen LogP contribution in [0.1, 0.15) is 43.4 Å². The van der Waals surface area contributed by atoms with Gasteiger partial charge in [-0.3, -0.25) is 9.59 Å². The number of carbonyl (C=O) groups excluding carboxylic acids is 1. The van der Waals surface area contributed by atoms with E-state index in [0.29, 0.717) is 19.4 Å². The van der Waals surface area contributed by atoms with Crippen molar-refractivity contribution in [2.24, 2.45) is 0 Å². The number of hydrogen-bond donors (Lipinski definition) is 2. The van der Waals surface area contributed by atoms with Crippen LogP contribution in [-0.2, 0) is 16.0 Å². The van der Waals surface area contributed by atoms with Crippen molar-refractivity contribution in [2.45, 2.75) is 44.9 Å². The maximum Gasteiger partial charge on any atom is 0.303 e. The lowest BCUT2D eigenvalue weighted by molar-refractivity contribution is -0.137. The van der Waals surface area contributed by atoms with E-state index in [4.69, 9.17) is 5.11 Å². The van der Waals surface area contributed by atoms with Crippen molar-refractivity contribution in [2.75, 3.05) is 6.54 Å². The Labute approximate surface area is 131 Å². The van der Waals surface area contributed by atoms with Gasteiger partial charge in [-0.05, 0) is 53.7 Å². The maximum absolute atomic E-state index is 11.6. The summed E-state index contributed by atoms with van der Waals surface area (Å²) in [6.07, 6.45) is 4.92. The zero-order chi connectivity index (χ0) is 14.8. The number of carboxylic acid groups (broad SMARTS) is 1. The van der Waals surface area contributed by atoms with Crippen LogP contribution in [-0.4, -0.2) is 23.5 Å². The van der Waals surface area contributed by atoms with Crippen LogP contribution in [0.2, 0.25) is 0 Å². The molecule has 0 spiro atoms. The number of aliphatic carboxylic acids is 1. The van der Waals surface area contributed by atoms with Crippen molar-refractivity contribution in [3.8, 4) is 0 Å². The van der Waals surface area contributed by atoms with E-state index in [9.17, 15) is 9.59 Å². The highest BCUT2D eigenvalue weighted by atomic mass is 79.9. The van der Waals surface area contributed by atoms with E-state index in [0.717, 1.165) is 29.5 Å². The minimum Gasteiger partial charge on any atom is -0.481 e. The molecule has 0 aliphatic carbocycles. The van der Waals surface area contributed by atoms with Crippen LogP contribution in [0.4, 0.5) is 0 Å². The molecule has 1 heterocycles. The summed E-state index contributed by atoms with van der Waals surface area (Å²) in [5.41, 5.74) is 0. The van der Waals surface area contributed by atoms with Gasteiger partial charge < -0.3 is 10.4 Å². The van der Waals surface area contributed by atoms with Crippen molar-refractivity contribution < 1.29 is 14.7 Å². The molecule has 1 rings (SSSR count). The van der Waals surface area contributed by atoms with Gasteiger partial charge in [-0.1, -0.05) is 6.42 Å². The van der Waals surface area contributed by atoms with Gasteiger partial charge in [0.25, 0.3) is 0 Å². The average molecular weight is 362 g/mol. The fraction of sp³-hybridized carbons (Fsp3) is 0.571. The van der Waals surface area contributed by atoms with Gasteiger partial charge in [-0.2, -0.15) is 0 Å². The molecule has 6 heteroatoms. The van der Waals surface area contributed by atoms with Crippen LogP contribution >= 0.6 is 27.3 Å². The lowest BCUT2D eigenvalue weighted by Gasteiger charge is -2.04. The lowest BCUT2D eigenvalue weighted by atomic mass is 10.2. The minimum atomic E-state index is -0.755. The molecule has 0 saturated heterocycles. The first-order valence-electron chi connectivity index (χ1n) is 6.80. The van der Waals surface area contributed by atoms with Crippen molar-refractivity contribution in [1.29, 1.82) is 0 Å². The summed E-state index contributed by atoms with van der Waals surface area (Å²) in [6, 6.07) is 4.10. The van der Waals surface area contributed by atoms with Crippen molar-refractivity contribution in [3.63, 3.8) is 0 Å². The maximum atomic E-state index is 11.6. The highest BCUT2D eigenvalue weighted by Crippen LogP contribution is 2.23. The number of thiophene rings is 1. The van der Waals surface area contributed by atoms with Crippen LogP contribution in [0.15, 0.2) is 15.9 Å². The first-order chi connectivity index (χ1) is 9.58. The summed E-state index contributed by atoms with van der Waals surface area (Å²) in [6.45, 7) is 0.642. The van der Waals surface area contributed by atoms with Gasteiger partial charge in [0.15, 0.2) is 0 Å². The Morgan fingerprint density at radius 1 is 1.15 bits per heavy atom. The summed E-state index contributed by atoms with van der Waals surface area (Å²) in [7, 11) is 0. The summed E-state index contributed by atoms with van der Waals surface area (Å²) in [5, 5.41) is 11.3. The van der Waals surface area contributed by atoms with E-state index in [1.807, 2.05) is 6.07 Å². The van der Waals surface area contributed by atoms with Crippen LogP contribution in [0.3, 0.4) is 0 Å². The van der Waals surface area contributed by atoms with Crippen molar-refractivity contribution >= 4 is 39.1 Å². The predicted octanol–water partition coefficient (Wildman–Crippen LogP) is 3.59. The summed E-state index contributed by atoms with van der Waals surface area (Å²) < 4.78 is 1.12. The van der Waals surface area contributed by atoms with Gasteiger partial charge in [0.2, 0.25) is 5.91 Å². The molecular weight excluding hydrogens is 342 g/mol. The van der Waals surface area contributed by atoms with Gasteiger partial charge in [-0.25, -0.2) is 0 Å². The Hall–Kier alpha value is -0.880. The third kappa shape index (κ3) is 8.32. The smallest absolute Gasteiger partial charge is 0.303 e. The third-order valence-corrected chi connectivity index (χ3v) is 4.53. The van der Waals surface area contributed by atoms with Crippen molar-refractivity contribution in [3.05, 3.63) is 20.8 Å². The predicted molar refractivity (Wildman–Crippen MR) is 84.1 cm³/mol. The van der Waals surface area contributed by atoms with Crippen molar-refractivity contribution in [1.82, 2.24) is 5.32 Å². The van der Waals surface area contributed by atoms with E-state index in [1.165, 1.54) is 4.88 Å². The Bertz CT molecular complexity index is 434. The second kappa shape index (κ2) is 9.94. The number of aryl methyl sites for hydroxylation is 1. The second-order valence-corrected chi connectivity index (χ2v) is 7.16. The number of amides is 1. The monoisotopic (exact) mass is 361 g/mol. The van der Waals surface area contributed by atoms with Crippen LogP contribution in [0, 0.1) is 0 Å². The Morgan fingerprint density at radius 2 is 1.95 bits per heavy atom. The van der Waals surface area contributed by atoms with Gasteiger partial charge in [0.1, 0.15) is 0 Å². The number of carboxylic acids is 1. The van der Waals surface area contributed by atoms with E-state index >= 15 is 0 Å². The molecule has 1 aromatic heterocycles. The highest BCUT2D eigenvalue weighted by molar-refractivity contribution is 9.11. The molecule has 1 aromatic rings. The third-order valence-electron chi connectivity index (χ3n) is 2.85. The molecule has 0 aliphatic rings. The molecule has 0 fully saturated rings. The zero-order valence-electron chi connectivity index (χ0n) is 11.4. The Morgan fingerprint density at radius 3 is 2.60 bits per heavy atom. The molecule has 2 N–H and O–H groups in total. The van der Waals surface area contributed by atoms with E-state index in [1.54, 1.807) is 11.3 Å². The standard InChI is InChI=1S/C14H20BrNO3S/c15-12-9-8-11(20-12)5-4-6-13(17)16-10-3-1-2-7-14(18)19/h8-9H,1-7,10H2,(H,16,17)(H,18,19). The van der Waals surface area contributed by atoms with Crippen LogP contribution in [0.25, 0.3) is 0 Å². The summed E-state index contributed by atoms with van der Waals surface area (Å²) in [4.78, 5) is 23.2. The molecular formula is C14H20BrNO3S. The second-order valence-electron chi connectivity index (χ2n) is 4.61. The topological polar surface area (TPSA) is 66.4 Å². The number of nitrogens with one attached hydrogen (secondary N) is 1. The molecule has 20 heavy (non-hydrogen) atoms. The number of carbonyl (C=O) groups is 2. The van der Waals surface area contributed by atoms with Crippen LogP contribution in [0.5, 0.6) is 0 Å². The first kappa shape index (κ1) is 17.2. The summed E-state index contributed by atoms with van der Waals surface area (Å²) >= 11 is 5.12. The molecule has 0 unspecified atom stereocenters. The zero-order valence-corrected chi connectivity index (χ0v) is 13.8. The number of rotatable bonds is 10. The SMILES string of the molecule is O=C(O)CCCCCNC(=O)CCCc1ccc(Br)s1. The molecule has 0 saturated carbocycles. The molecule has 0 aromatic carbocycles. The minimum absolute atomic E-state index is 0.0823. The van der Waals surface area contributed by atoms with Crippen LogP contribution < -0.4 is 5.32 Å². The van der Waals surface area contributed by atoms with E-state index in [-0.39, 0.29) is 12.3 Å². The fourth-order valence-electron chi connectivity index (χ4n) is 1.80. The molecule has 4 nitrogen and oxygen atoms in total. The Balaban J connectivity index is 1.96. The van der Waals surface area contributed by atoms with Gasteiger partial charge in [0.05, 0.1) is 3.79 Å². The normalized spacial score (nSPS) is 10.4. The van der Waals surface area contributed by atoms with Gasteiger partial charge >= 0.3 is 5.97 Å². The van der Waals surface area contributed by atoms with E-state index in [2.05, 4.69) is 27.3 Å². The number of hydrogen-bond acceptors (Lipinski definition) is 3. The summed E-state index contributed by atoms with van der Waals surface area (Å²) in [5.74, 6) is -0.673. The largest absolute Gasteiger partial charge is 0.481 e. The first-order valence-corrected chi connectivity index (χ1v) is 8.41. The number of halogens is 1. The highest BCUT2D eigenvalue weighted by Gasteiger charge is 2.03. The molecule has 0 radical (unpaired) electrons. The quantitative estimate of drug-likeness (QED) is 0.625. The molecule has 0 bridgehead atoms. The Kier molecular flexibility index (Phi) is 8.53. The molecule has 0 aliphatic heterocycles. The number of unbranched alkanes of at least 4 members (excludes halogenated alkanes) is 2. The van der Waals surface area contributed by atoms with Gasteiger partial charge in [0, 0.05) is 24.3 Å². The molecule has 112 valence electrons. The van der Waals surface area contributed by atoms with Gasteiger partial charge in [-0.15, -0.1) is 11.3 Å². The molecule has 1 amide bonds.